The summed E-state index contributed by atoms with van der Waals surface area (Å²) in [5, 5.41) is 11.0. The monoisotopic (exact) mass is 390 g/mol. The van der Waals surface area contributed by atoms with Crippen LogP contribution in [0, 0.1) is 11.6 Å². The fourth-order valence-corrected chi connectivity index (χ4v) is 3.56. The number of hydrogen-bond donors (Lipinski definition) is 2. The van der Waals surface area contributed by atoms with E-state index >= 15 is 0 Å². The maximum atomic E-state index is 14.1. The molecule has 10 heteroatoms. The largest absolute Gasteiger partial charge is 0.465 e. The highest BCUT2D eigenvalue weighted by molar-refractivity contribution is 7.90. The molecule has 2 N–H and O–H groups in total. The van der Waals surface area contributed by atoms with E-state index in [1.165, 1.54) is 17.0 Å². The third kappa shape index (κ3) is 5.13. The zero-order valence-electron chi connectivity index (χ0n) is 14.1. The summed E-state index contributed by atoms with van der Waals surface area (Å²) < 4.78 is 50.5. The van der Waals surface area contributed by atoms with Crippen LogP contribution in [-0.4, -0.2) is 61.6 Å². The first-order valence-corrected chi connectivity index (χ1v) is 10.0. The lowest BCUT2D eigenvalue weighted by Crippen LogP contribution is -2.48. The molecule has 0 spiro atoms. The van der Waals surface area contributed by atoms with Crippen molar-refractivity contribution in [3.05, 3.63) is 35.4 Å². The van der Waals surface area contributed by atoms with E-state index in [1.807, 2.05) is 0 Å². The Labute approximate surface area is 149 Å². The molecule has 2 amide bonds. The fraction of sp³-hybridized carbons (Fsp3) is 0.500. The van der Waals surface area contributed by atoms with Crippen molar-refractivity contribution < 1.29 is 31.9 Å². The molecule has 0 unspecified atom stereocenters. The Morgan fingerprint density at radius 3 is 2.65 bits per heavy atom. The van der Waals surface area contributed by atoms with Gasteiger partial charge < -0.3 is 15.3 Å². The predicted molar refractivity (Wildman–Crippen MR) is 89.6 cm³/mol. The minimum absolute atomic E-state index is 0.0213. The standard InChI is InChI=1S/C16H20F2N2O5S/c1-26(24,25)8-7-20-9-10(11-3-2-4-12(17)14(11)18)5-6-13(15(20)21)19-16(22)23/h2-4,10,13,19H,5-9H2,1H3,(H,22,23)/t10-,13-/m1/s1. The van der Waals surface area contributed by atoms with Gasteiger partial charge in [-0.3, -0.25) is 4.79 Å². The van der Waals surface area contributed by atoms with Crippen molar-refractivity contribution in [3.63, 3.8) is 0 Å². The molecule has 1 heterocycles. The molecule has 0 radical (unpaired) electrons. The second-order valence-corrected chi connectivity index (χ2v) is 8.59. The number of halogens is 2. The topological polar surface area (TPSA) is 104 Å². The van der Waals surface area contributed by atoms with E-state index < -0.39 is 45.4 Å². The van der Waals surface area contributed by atoms with Crippen molar-refractivity contribution in [2.45, 2.75) is 24.8 Å². The maximum Gasteiger partial charge on any atom is 0.405 e. The van der Waals surface area contributed by atoms with E-state index in [0.717, 1.165) is 12.3 Å². The molecule has 1 aromatic carbocycles. The van der Waals surface area contributed by atoms with Gasteiger partial charge in [-0.15, -0.1) is 0 Å². The number of nitrogens with zero attached hydrogens (tertiary/aromatic N) is 1. The Hall–Kier alpha value is -2.23. The second-order valence-electron chi connectivity index (χ2n) is 6.33. The summed E-state index contributed by atoms with van der Waals surface area (Å²) in [6, 6.07) is 2.69. The van der Waals surface area contributed by atoms with Crippen LogP contribution < -0.4 is 5.32 Å². The third-order valence-corrected chi connectivity index (χ3v) is 5.23. The average molecular weight is 390 g/mol. The number of carboxylic acid groups (broad SMARTS) is 1. The zero-order valence-corrected chi connectivity index (χ0v) is 14.9. The molecule has 2 atom stereocenters. The molecular weight excluding hydrogens is 370 g/mol. The Kier molecular flexibility index (Phi) is 6.17. The van der Waals surface area contributed by atoms with Crippen LogP contribution in [0.1, 0.15) is 24.3 Å². The SMILES string of the molecule is CS(=O)(=O)CCN1C[C@H](c2cccc(F)c2F)CC[C@@H](NC(=O)O)C1=O. The quantitative estimate of drug-likeness (QED) is 0.790. The maximum absolute atomic E-state index is 14.1. The predicted octanol–water partition coefficient (Wildman–Crippen LogP) is 1.35. The Bertz CT molecular complexity index is 800. The van der Waals surface area contributed by atoms with Gasteiger partial charge in [0.05, 0.1) is 5.75 Å². The normalized spacial score (nSPS) is 21.3. The molecule has 1 aliphatic rings. The van der Waals surface area contributed by atoms with Crippen LogP contribution in [0.5, 0.6) is 0 Å². The third-order valence-electron chi connectivity index (χ3n) is 4.31. The van der Waals surface area contributed by atoms with E-state index in [0.29, 0.717) is 0 Å². The number of benzene rings is 1. The summed E-state index contributed by atoms with van der Waals surface area (Å²) in [4.78, 5) is 24.7. The van der Waals surface area contributed by atoms with Crippen LogP contribution in [0.2, 0.25) is 0 Å². The van der Waals surface area contributed by atoms with Gasteiger partial charge in [0.25, 0.3) is 0 Å². The number of nitrogens with one attached hydrogen (secondary N) is 1. The van der Waals surface area contributed by atoms with E-state index in [4.69, 9.17) is 5.11 Å². The summed E-state index contributed by atoms with van der Waals surface area (Å²) in [7, 11) is -3.36. The molecule has 1 aliphatic heterocycles. The molecular formula is C16H20F2N2O5S. The highest BCUT2D eigenvalue weighted by Crippen LogP contribution is 2.30. The average Bonchev–Trinajstić information content (AvgIpc) is 2.68. The zero-order chi connectivity index (χ0) is 19.5. The lowest BCUT2D eigenvalue weighted by Gasteiger charge is -2.26. The van der Waals surface area contributed by atoms with Gasteiger partial charge in [0, 0.05) is 25.3 Å². The highest BCUT2D eigenvalue weighted by Gasteiger charge is 2.34. The van der Waals surface area contributed by atoms with Crippen LogP contribution in [0.15, 0.2) is 18.2 Å². The minimum Gasteiger partial charge on any atom is -0.465 e. The van der Waals surface area contributed by atoms with E-state index in [2.05, 4.69) is 5.32 Å². The molecule has 2 rings (SSSR count). The van der Waals surface area contributed by atoms with Gasteiger partial charge in [-0.05, 0) is 24.5 Å². The molecule has 1 aromatic rings. The van der Waals surface area contributed by atoms with Crippen LogP contribution in [-0.2, 0) is 14.6 Å². The number of hydrogen-bond acceptors (Lipinski definition) is 4. The molecule has 26 heavy (non-hydrogen) atoms. The van der Waals surface area contributed by atoms with Gasteiger partial charge in [0.15, 0.2) is 11.6 Å². The van der Waals surface area contributed by atoms with Crippen LogP contribution in [0.3, 0.4) is 0 Å². The molecule has 144 valence electrons. The molecule has 0 bridgehead atoms. The molecule has 1 fully saturated rings. The van der Waals surface area contributed by atoms with E-state index in [1.54, 1.807) is 0 Å². The number of carbonyl (C=O) groups excluding carboxylic acids is 1. The first kappa shape index (κ1) is 20.1. The summed E-state index contributed by atoms with van der Waals surface area (Å²) >= 11 is 0. The number of rotatable bonds is 5. The Morgan fingerprint density at radius 1 is 1.35 bits per heavy atom. The van der Waals surface area contributed by atoms with Crippen LogP contribution in [0.25, 0.3) is 0 Å². The van der Waals surface area contributed by atoms with Crippen LogP contribution >= 0.6 is 0 Å². The summed E-state index contributed by atoms with van der Waals surface area (Å²) in [5.74, 6) is -3.49. The van der Waals surface area contributed by atoms with Gasteiger partial charge in [-0.1, -0.05) is 12.1 Å². The minimum atomic E-state index is -3.36. The molecule has 0 aromatic heterocycles. The van der Waals surface area contributed by atoms with Crippen LogP contribution in [0.4, 0.5) is 13.6 Å². The van der Waals surface area contributed by atoms with Crippen molar-refractivity contribution in [3.8, 4) is 0 Å². The lowest BCUT2D eigenvalue weighted by molar-refractivity contribution is -0.132. The summed E-state index contributed by atoms with van der Waals surface area (Å²) in [6.45, 7) is -0.171. The Morgan fingerprint density at radius 2 is 2.04 bits per heavy atom. The van der Waals surface area contributed by atoms with Crippen molar-refractivity contribution >= 4 is 21.8 Å². The fourth-order valence-electron chi connectivity index (χ4n) is 3.01. The number of carbonyl (C=O) groups is 2. The van der Waals surface area contributed by atoms with E-state index in [-0.39, 0.29) is 37.2 Å². The van der Waals surface area contributed by atoms with Crippen molar-refractivity contribution in [1.29, 1.82) is 0 Å². The lowest BCUT2D eigenvalue weighted by atomic mass is 9.93. The molecule has 0 saturated carbocycles. The van der Waals surface area contributed by atoms with Gasteiger partial charge >= 0.3 is 6.09 Å². The molecule has 1 saturated heterocycles. The number of amides is 2. The first-order chi connectivity index (χ1) is 12.1. The smallest absolute Gasteiger partial charge is 0.405 e. The summed E-state index contributed by atoms with van der Waals surface area (Å²) in [6.07, 6.45) is -0.0265. The van der Waals surface area contributed by atoms with Gasteiger partial charge in [-0.25, -0.2) is 22.0 Å². The van der Waals surface area contributed by atoms with Gasteiger partial charge in [0.2, 0.25) is 5.91 Å². The highest BCUT2D eigenvalue weighted by atomic mass is 32.2. The molecule has 7 nitrogen and oxygen atoms in total. The number of likely N-dealkylation sites (tertiary alicyclic amines) is 1. The Balaban J connectivity index is 2.31. The van der Waals surface area contributed by atoms with Crippen molar-refractivity contribution in [2.24, 2.45) is 0 Å². The summed E-state index contributed by atoms with van der Waals surface area (Å²) in [5.41, 5.74) is 0.0816. The van der Waals surface area contributed by atoms with E-state index in [9.17, 15) is 26.8 Å². The second kappa shape index (κ2) is 7.98. The first-order valence-electron chi connectivity index (χ1n) is 7.98. The van der Waals surface area contributed by atoms with Gasteiger partial charge in [0.1, 0.15) is 15.9 Å². The van der Waals surface area contributed by atoms with Gasteiger partial charge in [-0.2, -0.15) is 0 Å². The van der Waals surface area contributed by atoms with Crippen molar-refractivity contribution in [2.75, 3.05) is 25.1 Å². The molecule has 0 aliphatic carbocycles. The number of sulfone groups is 1. The van der Waals surface area contributed by atoms with Crippen molar-refractivity contribution in [1.82, 2.24) is 10.2 Å².